The van der Waals surface area contributed by atoms with Crippen LogP contribution in [0.15, 0.2) is 36.7 Å². The molecule has 1 aliphatic carbocycles. The molecule has 2 atom stereocenters. The van der Waals surface area contributed by atoms with Gasteiger partial charge in [0.25, 0.3) is 0 Å². The molecule has 2 N–H and O–H groups in total. The molecule has 1 aromatic carbocycles. The average Bonchev–Trinajstić information content (AvgIpc) is 3.17. The third-order valence-electron chi connectivity index (χ3n) is 4.17. The van der Waals surface area contributed by atoms with Crippen LogP contribution >= 0.6 is 11.6 Å². The van der Waals surface area contributed by atoms with Crippen molar-refractivity contribution in [2.75, 3.05) is 6.54 Å². The fourth-order valence-corrected chi connectivity index (χ4v) is 2.97. The molecule has 2 unspecified atom stereocenters. The van der Waals surface area contributed by atoms with E-state index in [-0.39, 0.29) is 12.1 Å². The summed E-state index contributed by atoms with van der Waals surface area (Å²) in [4.78, 5) is 16.1. The van der Waals surface area contributed by atoms with Crippen molar-refractivity contribution in [3.05, 3.63) is 53.1 Å². The van der Waals surface area contributed by atoms with Crippen LogP contribution in [0.2, 0.25) is 5.02 Å². The molecule has 0 radical (unpaired) electrons. The van der Waals surface area contributed by atoms with Crippen molar-refractivity contribution in [2.24, 2.45) is 0 Å². The maximum Gasteiger partial charge on any atom is 0.315 e. The molecule has 2 amide bonds. The molecule has 1 aromatic heterocycles. The van der Waals surface area contributed by atoms with Crippen molar-refractivity contribution in [3.8, 4) is 0 Å². The van der Waals surface area contributed by atoms with E-state index >= 15 is 0 Å². The summed E-state index contributed by atoms with van der Waals surface area (Å²) in [6.45, 7) is 3.49. The van der Waals surface area contributed by atoms with Gasteiger partial charge in [0.2, 0.25) is 0 Å². The first kappa shape index (κ1) is 15.9. The van der Waals surface area contributed by atoms with Crippen LogP contribution in [0.4, 0.5) is 4.79 Å². The van der Waals surface area contributed by atoms with Crippen LogP contribution in [-0.2, 0) is 6.54 Å². The molecule has 1 fully saturated rings. The maximum absolute atomic E-state index is 11.9. The first-order valence-electron chi connectivity index (χ1n) is 7.91. The van der Waals surface area contributed by atoms with E-state index in [9.17, 15) is 4.79 Å². The Labute approximate surface area is 141 Å². The Kier molecular flexibility index (Phi) is 4.86. The molecule has 6 heteroatoms. The summed E-state index contributed by atoms with van der Waals surface area (Å²) in [7, 11) is 0. The van der Waals surface area contributed by atoms with E-state index < -0.39 is 0 Å². The zero-order valence-electron chi connectivity index (χ0n) is 13.1. The number of halogens is 1. The van der Waals surface area contributed by atoms with Gasteiger partial charge < -0.3 is 15.2 Å². The molecule has 1 aliphatic rings. The van der Waals surface area contributed by atoms with Gasteiger partial charge in [0.1, 0.15) is 5.82 Å². The Hall–Kier alpha value is -2.01. The molecule has 5 nitrogen and oxygen atoms in total. The number of hydrogen-bond donors (Lipinski definition) is 2. The minimum atomic E-state index is -0.0955. The quantitative estimate of drug-likeness (QED) is 0.799. The number of carbonyl (C=O) groups is 1. The lowest BCUT2D eigenvalue weighted by Gasteiger charge is -2.08. The van der Waals surface area contributed by atoms with Crippen molar-refractivity contribution in [2.45, 2.75) is 38.3 Å². The highest BCUT2D eigenvalue weighted by atomic mass is 35.5. The summed E-state index contributed by atoms with van der Waals surface area (Å²) >= 11 is 6.00. The van der Waals surface area contributed by atoms with Crippen LogP contribution in [0.3, 0.4) is 0 Å². The molecule has 23 heavy (non-hydrogen) atoms. The molecule has 3 rings (SSSR count). The van der Waals surface area contributed by atoms with E-state index in [1.54, 1.807) is 6.20 Å². The standard InChI is InChI=1S/C17H21ClN4O/c1-12-19-7-9-22(12)8-3-6-20-17(23)21-16-11-15(16)13-4-2-5-14(18)10-13/h2,4-5,7,9-10,15-16H,3,6,8,11H2,1H3,(H2,20,21,23). The summed E-state index contributed by atoms with van der Waals surface area (Å²) in [5, 5.41) is 6.67. The van der Waals surface area contributed by atoms with Crippen molar-refractivity contribution >= 4 is 17.6 Å². The monoisotopic (exact) mass is 332 g/mol. The molecule has 0 saturated heterocycles. The number of aryl methyl sites for hydroxylation is 2. The number of carbonyl (C=O) groups excluding carboxylic acids is 1. The molecular weight excluding hydrogens is 312 g/mol. The molecule has 0 spiro atoms. The van der Waals surface area contributed by atoms with Crippen LogP contribution in [0.5, 0.6) is 0 Å². The second-order valence-corrected chi connectivity index (χ2v) is 6.36. The number of imidazole rings is 1. The van der Waals surface area contributed by atoms with E-state index in [4.69, 9.17) is 11.6 Å². The van der Waals surface area contributed by atoms with Gasteiger partial charge in [-0.1, -0.05) is 23.7 Å². The molecule has 1 saturated carbocycles. The SMILES string of the molecule is Cc1nccn1CCCNC(=O)NC1CC1c1cccc(Cl)c1. The predicted octanol–water partition coefficient (Wildman–Crippen LogP) is 3.09. The van der Waals surface area contributed by atoms with Crippen LogP contribution < -0.4 is 10.6 Å². The highest BCUT2D eigenvalue weighted by molar-refractivity contribution is 6.30. The first-order valence-corrected chi connectivity index (χ1v) is 8.29. The van der Waals surface area contributed by atoms with E-state index in [2.05, 4.69) is 26.3 Å². The minimum absolute atomic E-state index is 0.0955. The maximum atomic E-state index is 11.9. The van der Waals surface area contributed by atoms with Crippen molar-refractivity contribution < 1.29 is 4.79 Å². The number of aromatic nitrogens is 2. The minimum Gasteiger partial charge on any atom is -0.338 e. The highest BCUT2D eigenvalue weighted by Gasteiger charge is 2.39. The molecule has 122 valence electrons. The fraction of sp³-hybridized carbons (Fsp3) is 0.412. The van der Waals surface area contributed by atoms with Gasteiger partial charge in [0, 0.05) is 42.5 Å². The van der Waals surface area contributed by atoms with Gasteiger partial charge in [-0.2, -0.15) is 0 Å². The Morgan fingerprint density at radius 1 is 1.48 bits per heavy atom. The normalized spacial score (nSPS) is 19.4. The van der Waals surface area contributed by atoms with E-state index in [1.165, 1.54) is 5.56 Å². The van der Waals surface area contributed by atoms with Gasteiger partial charge in [-0.3, -0.25) is 0 Å². The van der Waals surface area contributed by atoms with Gasteiger partial charge in [-0.25, -0.2) is 9.78 Å². The average molecular weight is 333 g/mol. The smallest absolute Gasteiger partial charge is 0.315 e. The fourth-order valence-electron chi connectivity index (χ4n) is 2.77. The number of rotatable bonds is 6. The number of benzene rings is 1. The number of hydrogen-bond acceptors (Lipinski definition) is 2. The molecular formula is C17H21ClN4O. The predicted molar refractivity (Wildman–Crippen MR) is 90.7 cm³/mol. The van der Waals surface area contributed by atoms with Gasteiger partial charge in [-0.05, 0) is 37.5 Å². The molecule has 0 bridgehead atoms. The topological polar surface area (TPSA) is 59.0 Å². The summed E-state index contributed by atoms with van der Waals surface area (Å²) in [6.07, 6.45) is 5.60. The van der Waals surface area contributed by atoms with Crippen LogP contribution in [0.25, 0.3) is 0 Å². The van der Waals surface area contributed by atoms with E-state index in [1.807, 2.05) is 31.3 Å². The van der Waals surface area contributed by atoms with E-state index in [0.717, 1.165) is 30.2 Å². The van der Waals surface area contributed by atoms with Gasteiger partial charge >= 0.3 is 6.03 Å². The summed E-state index contributed by atoms with van der Waals surface area (Å²) < 4.78 is 2.08. The number of nitrogens with one attached hydrogen (secondary N) is 2. The number of nitrogens with zero attached hydrogens (tertiary/aromatic N) is 2. The Balaban J connectivity index is 1.35. The Morgan fingerprint density at radius 3 is 3.09 bits per heavy atom. The second kappa shape index (κ2) is 7.04. The first-order chi connectivity index (χ1) is 11.1. The van der Waals surface area contributed by atoms with Gasteiger partial charge in [0.15, 0.2) is 0 Å². The summed E-state index contributed by atoms with van der Waals surface area (Å²) in [6, 6.07) is 7.96. The van der Waals surface area contributed by atoms with Crippen molar-refractivity contribution in [1.29, 1.82) is 0 Å². The van der Waals surface area contributed by atoms with Crippen LogP contribution in [0.1, 0.15) is 30.1 Å². The number of amides is 2. The lowest BCUT2D eigenvalue weighted by atomic mass is 10.1. The second-order valence-electron chi connectivity index (χ2n) is 5.93. The summed E-state index contributed by atoms with van der Waals surface area (Å²) in [5.41, 5.74) is 1.19. The van der Waals surface area contributed by atoms with Crippen molar-refractivity contribution in [1.82, 2.24) is 20.2 Å². The zero-order valence-corrected chi connectivity index (χ0v) is 13.9. The number of urea groups is 1. The Morgan fingerprint density at radius 2 is 2.35 bits per heavy atom. The van der Waals surface area contributed by atoms with Gasteiger partial charge in [-0.15, -0.1) is 0 Å². The zero-order chi connectivity index (χ0) is 16.2. The van der Waals surface area contributed by atoms with E-state index in [0.29, 0.717) is 12.5 Å². The molecule has 0 aliphatic heterocycles. The Bertz CT molecular complexity index is 685. The van der Waals surface area contributed by atoms with Crippen molar-refractivity contribution in [3.63, 3.8) is 0 Å². The van der Waals surface area contributed by atoms with Crippen LogP contribution in [-0.4, -0.2) is 28.2 Å². The molecule has 2 aromatic rings. The lowest BCUT2D eigenvalue weighted by Crippen LogP contribution is -2.38. The molecule has 1 heterocycles. The highest BCUT2D eigenvalue weighted by Crippen LogP contribution is 2.41. The van der Waals surface area contributed by atoms with Crippen LogP contribution in [0, 0.1) is 6.92 Å². The summed E-state index contributed by atoms with van der Waals surface area (Å²) in [5.74, 6) is 1.38. The third-order valence-corrected chi connectivity index (χ3v) is 4.40. The largest absolute Gasteiger partial charge is 0.338 e. The lowest BCUT2D eigenvalue weighted by molar-refractivity contribution is 0.240. The van der Waals surface area contributed by atoms with Gasteiger partial charge in [0.05, 0.1) is 0 Å². The third kappa shape index (κ3) is 4.26.